The minimum atomic E-state index is -0.380. The van der Waals surface area contributed by atoms with E-state index in [2.05, 4.69) is 20.0 Å². The van der Waals surface area contributed by atoms with Crippen molar-refractivity contribution in [2.45, 2.75) is 56.7 Å². The lowest BCUT2D eigenvalue weighted by atomic mass is 10.3. The lowest BCUT2D eigenvalue weighted by Gasteiger charge is -2.20. The summed E-state index contributed by atoms with van der Waals surface area (Å²) in [6, 6.07) is 0. The van der Waals surface area contributed by atoms with Gasteiger partial charge < -0.3 is 5.11 Å². The van der Waals surface area contributed by atoms with E-state index in [1.54, 1.807) is 0 Å². The van der Waals surface area contributed by atoms with Crippen molar-refractivity contribution in [1.82, 2.24) is 39.3 Å². The van der Waals surface area contributed by atoms with E-state index in [0.717, 1.165) is 49.5 Å². The molecule has 1 saturated heterocycles. The zero-order valence-corrected chi connectivity index (χ0v) is 16.8. The molecular formula is C19H30N8O. The van der Waals surface area contributed by atoms with Crippen molar-refractivity contribution in [2.75, 3.05) is 26.2 Å². The number of aliphatic hydroxyl groups is 1. The molecule has 28 heavy (non-hydrogen) atoms. The van der Waals surface area contributed by atoms with Crippen molar-refractivity contribution in [3.63, 3.8) is 0 Å². The van der Waals surface area contributed by atoms with Crippen molar-refractivity contribution >= 4 is 0 Å². The van der Waals surface area contributed by atoms with Crippen LogP contribution in [0.3, 0.4) is 0 Å². The average molecular weight is 387 g/mol. The van der Waals surface area contributed by atoms with E-state index in [9.17, 15) is 5.11 Å². The van der Waals surface area contributed by atoms with Crippen LogP contribution in [0.25, 0.3) is 0 Å². The summed E-state index contributed by atoms with van der Waals surface area (Å²) in [5.74, 6) is 5.09. The summed E-state index contributed by atoms with van der Waals surface area (Å²) < 4.78 is 3.81. The molecule has 3 heterocycles. The highest BCUT2D eigenvalue weighted by Gasteiger charge is 2.31. The maximum Gasteiger partial charge on any atom is 0.154 e. The smallest absolute Gasteiger partial charge is 0.154 e. The highest BCUT2D eigenvalue weighted by molar-refractivity contribution is 5.07. The monoisotopic (exact) mass is 386 g/mol. The van der Waals surface area contributed by atoms with Gasteiger partial charge in [-0.25, -0.2) is 9.97 Å². The fraction of sp³-hybridized carbons (Fsp3) is 0.789. The van der Waals surface area contributed by atoms with Crippen LogP contribution >= 0.6 is 0 Å². The van der Waals surface area contributed by atoms with Crippen molar-refractivity contribution in [2.24, 2.45) is 14.1 Å². The summed E-state index contributed by atoms with van der Waals surface area (Å²) >= 11 is 0. The highest BCUT2D eigenvalue weighted by Crippen LogP contribution is 2.38. The highest BCUT2D eigenvalue weighted by atomic mass is 16.3. The molecule has 1 aliphatic heterocycles. The van der Waals surface area contributed by atoms with Gasteiger partial charge in [-0.15, -0.1) is 0 Å². The molecule has 152 valence electrons. The first-order valence-corrected chi connectivity index (χ1v) is 10.5. The number of hydrogen-bond donors (Lipinski definition) is 1. The topological polar surface area (TPSA) is 88.1 Å². The molecule has 0 atom stereocenters. The molecule has 0 unspecified atom stereocenters. The molecule has 5 rings (SSSR count). The number of aliphatic hydroxyl groups excluding tert-OH is 1. The Morgan fingerprint density at radius 1 is 0.786 bits per heavy atom. The molecule has 2 aromatic heterocycles. The largest absolute Gasteiger partial charge is 0.390 e. The molecule has 3 aliphatic rings. The van der Waals surface area contributed by atoms with E-state index in [0.29, 0.717) is 24.9 Å². The molecule has 2 aliphatic carbocycles. The lowest BCUT2D eigenvalue weighted by molar-refractivity contribution is 0.104. The summed E-state index contributed by atoms with van der Waals surface area (Å²) in [6.07, 6.45) is 4.47. The van der Waals surface area contributed by atoms with Gasteiger partial charge in [0, 0.05) is 52.1 Å². The predicted molar refractivity (Wildman–Crippen MR) is 103 cm³/mol. The summed E-state index contributed by atoms with van der Waals surface area (Å²) in [7, 11) is 3.95. The van der Waals surface area contributed by atoms with Gasteiger partial charge in [0.15, 0.2) is 11.6 Å². The Hall–Kier alpha value is -1.84. The summed E-state index contributed by atoms with van der Waals surface area (Å²) in [5, 5.41) is 19.7. The Morgan fingerprint density at radius 2 is 1.21 bits per heavy atom. The molecule has 0 amide bonds. The standard InChI is InChI=1S/C19H30N8O/c1-24-16(20-18(22-24)13-3-4-13)11-26-7-8-27(10-15(28)9-26)12-17-21-19(14-5-6-14)23-25(17)2/h13-15,28H,3-12H2,1-2H3. The van der Waals surface area contributed by atoms with E-state index in [1.165, 1.54) is 25.7 Å². The predicted octanol–water partition coefficient (Wildman–Crippen LogP) is 0.377. The zero-order valence-electron chi connectivity index (χ0n) is 16.8. The normalized spacial score (nSPS) is 22.7. The molecule has 0 aromatic carbocycles. The maximum atomic E-state index is 10.6. The summed E-state index contributed by atoms with van der Waals surface area (Å²) in [4.78, 5) is 14.1. The van der Waals surface area contributed by atoms with Gasteiger partial charge in [-0.1, -0.05) is 0 Å². The van der Waals surface area contributed by atoms with E-state index in [4.69, 9.17) is 9.97 Å². The molecule has 3 fully saturated rings. The molecular weight excluding hydrogens is 356 g/mol. The van der Waals surface area contributed by atoms with Crippen LogP contribution < -0.4 is 0 Å². The quantitative estimate of drug-likeness (QED) is 0.768. The van der Waals surface area contributed by atoms with Crippen molar-refractivity contribution in [3.8, 4) is 0 Å². The Labute approximate surface area is 165 Å². The minimum absolute atomic E-state index is 0.380. The number of aromatic nitrogens is 6. The molecule has 1 N–H and O–H groups in total. The number of β-amino-alcohol motifs (C(OH)–C–C–N with tert-alkyl or cyclic N) is 1. The van der Waals surface area contributed by atoms with Crippen LogP contribution in [0, 0.1) is 0 Å². The van der Waals surface area contributed by atoms with Crippen LogP contribution in [0.15, 0.2) is 0 Å². The fourth-order valence-electron chi connectivity index (χ4n) is 3.99. The van der Waals surface area contributed by atoms with Gasteiger partial charge in [0.05, 0.1) is 19.2 Å². The number of rotatable bonds is 6. The van der Waals surface area contributed by atoms with Crippen LogP contribution in [-0.4, -0.2) is 76.7 Å². The van der Waals surface area contributed by atoms with Gasteiger partial charge >= 0.3 is 0 Å². The van der Waals surface area contributed by atoms with Crippen LogP contribution in [0.5, 0.6) is 0 Å². The Balaban J connectivity index is 1.21. The van der Waals surface area contributed by atoms with Crippen LogP contribution in [0.2, 0.25) is 0 Å². The summed E-state index contributed by atoms with van der Waals surface area (Å²) in [5.41, 5.74) is 0. The Morgan fingerprint density at radius 3 is 1.61 bits per heavy atom. The lowest BCUT2D eigenvalue weighted by Crippen LogP contribution is -2.33. The molecule has 0 bridgehead atoms. The Bertz CT molecular complexity index is 769. The third-order valence-corrected chi connectivity index (χ3v) is 6.02. The van der Waals surface area contributed by atoms with Gasteiger partial charge in [0.2, 0.25) is 0 Å². The average Bonchev–Trinajstić information content (AvgIpc) is 3.56. The maximum absolute atomic E-state index is 10.6. The van der Waals surface area contributed by atoms with Crippen LogP contribution in [0.4, 0.5) is 0 Å². The van der Waals surface area contributed by atoms with E-state index in [1.807, 2.05) is 23.5 Å². The second kappa shape index (κ2) is 7.20. The van der Waals surface area contributed by atoms with Gasteiger partial charge in [0.1, 0.15) is 11.6 Å². The molecule has 9 heteroatoms. The molecule has 9 nitrogen and oxygen atoms in total. The number of aryl methyl sites for hydroxylation is 2. The van der Waals surface area contributed by atoms with Crippen molar-refractivity contribution < 1.29 is 5.11 Å². The van der Waals surface area contributed by atoms with Gasteiger partial charge in [0.25, 0.3) is 0 Å². The number of hydrogen-bond acceptors (Lipinski definition) is 7. The SMILES string of the molecule is Cn1nc(C2CC2)nc1CN1CCN(Cc2nc(C3CC3)nn2C)CC(O)C1. The van der Waals surface area contributed by atoms with Gasteiger partial charge in [-0.3, -0.25) is 19.2 Å². The van der Waals surface area contributed by atoms with Crippen molar-refractivity contribution in [1.29, 1.82) is 0 Å². The second-order valence-electron chi connectivity index (χ2n) is 8.69. The molecule has 0 spiro atoms. The van der Waals surface area contributed by atoms with Crippen LogP contribution in [0.1, 0.15) is 60.8 Å². The second-order valence-corrected chi connectivity index (χ2v) is 8.69. The van der Waals surface area contributed by atoms with Crippen molar-refractivity contribution in [3.05, 3.63) is 23.3 Å². The van der Waals surface area contributed by atoms with E-state index >= 15 is 0 Å². The molecule has 2 saturated carbocycles. The molecule has 0 radical (unpaired) electrons. The third-order valence-electron chi connectivity index (χ3n) is 6.02. The van der Waals surface area contributed by atoms with Gasteiger partial charge in [-0.2, -0.15) is 10.2 Å². The van der Waals surface area contributed by atoms with E-state index in [-0.39, 0.29) is 6.10 Å². The van der Waals surface area contributed by atoms with E-state index < -0.39 is 0 Å². The first kappa shape index (κ1) is 18.2. The zero-order chi connectivity index (χ0) is 19.3. The number of nitrogens with zero attached hydrogens (tertiary/aromatic N) is 8. The summed E-state index contributed by atoms with van der Waals surface area (Å²) in [6.45, 7) is 4.59. The van der Waals surface area contributed by atoms with Gasteiger partial charge in [-0.05, 0) is 25.7 Å². The third kappa shape index (κ3) is 3.97. The molecule has 2 aromatic rings. The fourth-order valence-corrected chi connectivity index (χ4v) is 3.99. The first-order valence-electron chi connectivity index (χ1n) is 10.5. The first-order chi connectivity index (χ1) is 13.5. The minimum Gasteiger partial charge on any atom is -0.390 e. The van der Waals surface area contributed by atoms with Crippen LogP contribution in [-0.2, 0) is 27.2 Å². The Kier molecular flexibility index (Phi) is 4.68.